The molecule has 53 heavy (non-hydrogen) atoms. The first-order valence-corrected chi connectivity index (χ1v) is 15.3. The molecule has 4 rings (SSSR count). The van der Waals surface area contributed by atoms with Gasteiger partial charge >= 0.3 is 34.1 Å². The van der Waals surface area contributed by atoms with Crippen molar-refractivity contribution in [1.82, 2.24) is 0 Å². The van der Waals surface area contributed by atoms with Gasteiger partial charge in [0.1, 0.15) is 43.1 Å². The first-order chi connectivity index (χ1) is 22.7. The summed E-state index contributed by atoms with van der Waals surface area (Å²) < 4.78 is 68.3. The number of benzene rings is 4. The number of azo groups is 2. The molecule has 0 saturated heterocycles. The minimum absolute atomic E-state index is 0. The average molecular weight is 901 g/mol. The molecule has 4 aromatic carbocycles. The van der Waals surface area contributed by atoms with Gasteiger partial charge in [-0.25, -0.2) is 16.8 Å². The number of nitro benzene ring substituents is 2. The smallest absolute Gasteiger partial charge is 0.872 e. The standard InChI is InChI=1S/C25H18N6O16S2.2ClH.2Fe/c32-20-8-22(34)14(26-28-16-4-12(48(42,43)44)6-18(24(16)36)30(38)39)2-10(20)1-11-3-15(23(35)9-21(11)33)27-29-17-5-13(49(45,46)47)7-19(25(17)37)31(40)41;;;;/h2-9,32-37H,1H2,(H,42,43,44)(H,45,46,47);2*1H;;/q;;;2*+3/p-6. The van der Waals surface area contributed by atoms with Crippen LogP contribution in [0.3, 0.4) is 0 Å². The van der Waals surface area contributed by atoms with Crippen LogP contribution in [-0.4, -0.2) is 46.0 Å². The Labute approximate surface area is 329 Å². The van der Waals surface area contributed by atoms with Crippen LogP contribution < -0.4 is 20.4 Å². The van der Waals surface area contributed by atoms with Crippen molar-refractivity contribution in [3.8, 4) is 34.5 Å². The molecule has 0 aliphatic carbocycles. The maximum Gasteiger partial charge on any atom is 3.00 e. The van der Waals surface area contributed by atoms with Gasteiger partial charge < -0.3 is 39.7 Å². The van der Waals surface area contributed by atoms with E-state index in [1.165, 1.54) is 0 Å². The minimum atomic E-state index is -5.31. The molecule has 282 valence electrons. The number of phenols is 2. The van der Waals surface area contributed by atoms with Gasteiger partial charge in [-0.05, 0) is 53.9 Å². The van der Waals surface area contributed by atoms with Crippen LogP contribution in [-0.2, 0) is 60.8 Å². The molecule has 0 amide bonds. The van der Waals surface area contributed by atoms with E-state index in [9.17, 15) is 76.8 Å². The van der Waals surface area contributed by atoms with Gasteiger partial charge in [0.25, 0.3) is 11.4 Å². The summed E-state index contributed by atoms with van der Waals surface area (Å²) in [6, 6.07) is 4.09. The van der Waals surface area contributed by atoms with Crippen molar-refractivity contribution in [3.63, 3.8) is 0 Å². The number of rotatable bonds is 10. The van der Waals surface area contributed by atoms with E-state index in [2.05, 4.69) is 20.5 Å². The fourth-order valence-corrected chi connectivity index (χ4v) is 4.94. The maximum atomic E-state index is 12.6. The van der Waals surface area contributed by atoms with Gasteiger partial charge in [0.2, 0.25) is 0 Å². The Morgan fingerprint density at radius 2 is 0.849 bits per heavy atom. The van der Waals surface area contributed by atoms with Gasteiger partial charge in [0.15, 0.2) is 0 Å². The summed E-state index contributed by atoms with van der Waals surface area (Å²) in [5.74, 6) is -6.46. The van der Waals surface area contributed by atoms with E-state index in [1.54, 1.807) is 0 Å². The Hall–Kier alpha value is -4.88. The molecule has 0 unspecified atom stereocenters. The van der Waals surface area contributed by atoms with Crippen LogP contribution in [0.25, 0.3) is 0 Å². The molecular weight excluding hydrogens is 887 g/mol. The Kier molecular flexibility index (Phi) is 16.6. The molecular formula is C25H14Cl2Fe2N6O16S2. The van der Waals surface area contributed by atoms with Crippen LogP contribution in [0.15, 0.2) is 78.8 Å². The number of hydrogen-bond acceptors (Lipinski definition) is 20. The first-order valence-electron chi connectivity index (χ1n) is 12.5. The quantitative estimate of drug-likeness (QED) is 0.0758. The van der Waals surface area contributed by atoms with Gasteiger partial charge in [-0.2, -0.15) is 10.2 Å². The summed E-state index contributed by atoms with van der Waals surface area (Å²) in [5, 5.41) is 106. The van der Waals surface area contributed by atoms with Gasteiger partial charge in [0, 0.05) is 23.6 Å². The topological polar surface area (TPSA) is 383 Å². The molecule has 0 heterocycles. The summed E-state index contributed by atoms with van der Waals surface area (Å²) in [5.41, 5.74) is -6.47. The molecule has 28 heteroatoms. The Bertz CT molecular complexity index is 2210. The molecule has 22 nitrogen and oxygen atoms in total. The Morgan fingerprint density at radius 3 is 1.13 bits per heavy atom. The SMILES string of the molecule is Cl.Cl.O=[N+]([O-])c1cc(S(=O)(=O)[O-])cc(N=Nc2cc(Cc3cc(N=Nc4cc(S(=O)(=O)[O-])cc([N+](=O)[O-])c4[O-])c(O)cc3[O-])c([O-])cc2O)c1[O-].[Fe+3].[Fe+3]. The third kappa shape index (κ3) is 11.1. The Morgan fingerprint density at radius 1 is 0.547 bits per heavy atom. The van der Waals surface area contributed by atoms with Crippen molar-refractivity contribution in [2.45, 2.75) is 16.2 Å². The fraction of sp³-hybridized carbons (Fsp3) is 0.0400. The third-order valence-corrected chi connectivity index (χ3v) is 7.87. The van der Waals surface area contributed by atoms with E-state index in [1.807, 2.05) is 0 Å². The molecule has 4 aromatic rings. The molecule has 2 radical (unpaired) electrons. The number of halogens is 2. The second-order valence-electron chi connectivity index (χ2n) is 9.48. The van der Waals surface area contributed by atoms with Crippen molar-refractivity contribution in [3.05, 3.63) is 79.9 Å². The number of phenolic OH excluding ortho intramolecular Hbond substituents is 2. The van der Waals surface area contributed by atoms with Crippen molar-refractivity contribution in [1.29, 1.82) is 0 Å². The van der Waals surface area contributed by atoms with E-state index in [0.29, 0.717) is 24.3 Å². The number of aromatic hydroxyl groups is 2. The van der Waals surface area contributed by atoms with E-state index in [-0.39, 0.29) is 82.2 Å². The molecule has 0 aromatic heterocycles. The molecule has 0 aliphatic heterocycles. The molecule has 0 saturated carbocycles. The van der Waals surface area contributed by atoms with Crippen LogP contribution in [0.1, 0.15) is 11.1 Å². The predicted molar refractivity (Wildman–Crippen MR) is 162 cm³/mol. The summed E-state index contributed by atoms with van der Waals surface area (Å²) >= 11 is 0. The Balaban J connectivity index is 0.00000676. The number of hydrogen-bond donors (Lipinski definition) is 2. The monoisotopic (exact) mass is 900 g/mol. The van der Waals surface area contributed by atoms with Gasteiger partial charge in [0.05, 0.1) is 31.0 Å². The molecule has 0 aliphatic rings. The third-order valence-electron chi connectivity index (χ3n) is 6.24. The van der Waals surface area contributed by atoms with Gasteiger partial charge in [-0.3, -0.25) is 20.2 Å². The van der Waals surface area contributed by atoms with Crippen LogP contribution in [0, 0.1) is 20.2 Å². The van der Waals surface area contributed by atoms with Crippen molar-refractivity contribution in [2.24, 2.45) is 20.5 Å². The van der Waals surface area contributed by atoms with Crippen LogP contribution in [0.2, 0.25) is 0 Å². The van der Waals surface area contributed by atoms with Crippen LogP contribution >= 0.6 is 24.8 Å². The largest absolute Gasteiger partial charge is 3.00 e. The molecule has 0 fully saturated rings. The van der Waals surface area contributed by atoms with E-state index >= 15 is 0 Å². The normalized spacial score (nSPS) is 11.2. The second kappa shape index (κ2) is 18.2. The minimum Gasteiger partial charge on any atom is -0.872 e. The first kappa shape index (κ1) is 48.1. The number of nitro groups is 2. The molecule has 0 bridgehead atoms. The summed E-state index contributed by atoms with van der Waals surface area (Å²) in [7, 11) is -10.6. The van der Waals surface area contributed by atoms with Gasteiger partial charge in [-0.1, -0.05) is 0 Å². The molecule has 0 spiro atoms. The molecule has 0 atom stereocenters. The fourth-order valence-electron chi connectivity index (χ4n) is 3.91. The zero-order valence-corrected chi connectivity index (χ0v) is 30.4. The predicted octanol–water partition coefficient (Wildman–Crippen LogP) is 2.28. The number of nitrogens with zero attached hydrogens (tertiary/aromatic N) is 6. The van der Waals surface area contributed by atoms with E-state index < -0.39 is 115 Å². The average Bonchev–Trinajstić information content (AvgIpc) is 2.98. The van der Waals surface area contributed by atoms with E-state index in [0.717, 1.165) is 12.1 Å². The van der Waals surface area contributed by atoms with Crippen LogP contribution in [0.4, 0.5) is 34.1 Å². The summed E-state index contributed by atoms with van der Waals surface area (Å²) in [4.78, 5) is 17.4. The second-order valence-corrected chi connectivity index (χ2v) is 12.2. The summed E-state index contributed by atoms with van der Waals surface area (Å²) in [6.45, 7) is 0. The zero-order valence-electron chi connectivity index (χ0n) is 25.0. The summed E-state index contributed by atoms with van der Waals surface area (Å²) in [6.07, 6.45) is -0.604. The van der Waals surface area contributed by atoms with E-state index in [4.69, 9.17) is 0 Å². The van der Waals surface area contributed by atoms with Gasteiger partial charge in [-0.15, -0.1) is 46.5 Å². The van der Waals surface area contributed by atoms with Crippen molar-refractivity contribution < 1.29 is 101 Å². The van der Waals surface area contributed by atoms with Crippen molar-refractivity contribution in [2.75, 3.05) is 0 Å². The zero-order chi connectivity index (χ0) is 36.6. The maximum absolute atomic E-state index is 12.6. The van der Waals surface area contributed by atoms with Crippen molar-refractivity contribution >= 4 is 79.2 Å². The molecule has 2 N–H and O–H groups in total. The van der Waals surface area contributed by atoms with Crippen LogP contribution in [0.5, 0.6) is 34.5 Å².